The molecule has 0 aliphatic rings. The number of hydrogen-bond acceptors (Lipinski definition) is 3. The molecule has 0 saturated heterocycles. The molecule has 5 nitrogen and oxygen atoms in total. The molecular weight excluding hydrogens is 264 g/mol. The Morgan fingerprint density at radius 2 is 2.11 bits per heavy atom. The lowest BCUT2D eigenvalue weighted by Crippen LogP contribution is -2.31. The summed E-state index contributed by atoms with van der Waals surface area (Å²) < 4.78 is 1.81. The molecule has 0 unspecified atom stereocenters. The molecule has 0 spiro atoms. The Hall–Kier alpha value is -1.85. The minimum absolute atomic E-state index is 0.220. The lowest BCUT2D eigenvalue weighted by atomic mass is 10.0. The number of halogens is 1. The Morgan fingerprint density at radius 3 is 2.68 bits per heavy atom. The summed E-state index contributed by atoms with van der Waals surface area (Å²) in [5.41, 5.74) is 4.99. The van der Waals surface area contributed by atoms with Crippen LogP contribution in [0.2, 0.25) is 5.02 Å². The monoisotopic (exact) mass is 278 g/mol. The molecule has 1 aromatic heterocycles. The smallest absolute Gasteiger partial charge is 0.238 e. The first-order chi connectivity index (χ1) is 9.11. The molecule has 0 bridgehead atoms. The van der Waals surface area contributed by atoms with Crippen molar-refractivity contribution in [2.75, 3.05) is 0 Å². The van der Waals surface area contributed by atoms with E-state index < -0.39 is 0 Å². The zero-order valence-corrected chi connectivity index (χ0v) is 11.3. The second kappa shape index (κ2) is 5.86. The van der Waals surface area contributed by atoms with E-state index in [4.69, 9.17) is 17.4 Å². The standard InChI is InChI=1S/C13H15ClN4O/c1-9-12(14)7-16-18(9)8-11-5-3-2-4-10(11)6-13(19)17-15/h2-5,7H,6,8,15H2,1H3,(H,17,19). The maximum absolute atomic E-state index is 11.4. The molecule has 0 radical (unpaired) electrons. The first-order valence-electron chi connectivity index (χ1n) is 5.86. The highest BCUT2D eigenvalue weighted by molar-refractivity contribution is 6.31. The van der Waals surface area contributed by atoms with Gasteiger partial charge in [0.1, 0.15) is 0 Å². The van der Waals surface area contributed by atoms with Crippen LogP contribution in [0.25, 0.3) is 0 Å². The Morgan fingerprint density at radius 1 is 1.42 bits per heavy atom. The first kappa shape index (κ1) is 13.6. The van der Waals surface area contributed by atoms with Gasteiger partial charge in [-0.15, -0.1) is 0 Å². The van der Waals surface area contributed by atoms with E-state index >= 15 is 0 Å². The van der Waals surface area contributed by atoms with Crippen LogP contribution >= 0.6 is 11.6 Å². The number of hydrogen-bond donors (Lipinski definition) is 2. The highest BCUT2D eigenvalue weighted by Gasteiger charge is 2.09. The summed E-state index contributed by atoms with van der Waals surface area (Å²) >= 11 is 5.98. The number of benzene rings is 1. The van der Waals surface area contributed by atoms with Crippen molar-refractivity contribution in [3.63, 3.8) is 0 Å². The molecule has 0 saturated carbocycles. The summed E-state index contributed by atoms with van der Waals surface area (Å²) in [5, 5.41) is 4.85. The van der Waals surface area contributed by atoms with E-state index in [1.165, 1.54) is 0 Å². The van der Waals surface area contributed by atoms with Crippen LogP contribution in [0.3, 0.4) is 0 Å². The molecule has 2 rings (SSSR count). The summed E-state index contributed by atoms with van der Waals surface area (Å²) in [6.07, 6.45) is 1.87. The SMILES string of the molecule is Cc1c(Cl)cnn1Cc1ccccc1CC(=O)NN. The topological polar surface area (TPSA) is 72.9 Å². The molecule has 0 fully saturated rings. The largest absolute Gasteiger partial charge is 0.294 e. The average Bonchev–Trinajstić information content (AvgIpc) is 2.73. The Balaban J connectivity index is 2.25. The number of nitrogens with one attached hydrogen (secondary N) is 1. The number of amides is 1. The van der Waals surface area contributed by atoms with Gasteiger partial charge in [-0.3, -0.25) is 14.9 Å². The van der Waals surface area contributed by atoms with Crippen molar-refractivity contribution in [3.05, 3.63) is 52.3 Å². The van der Waals surface area contributed by atoms with Gasteiger partial charge in [-0.1, -0.05) is 35.9 Å². The third-order valence-corrected chi connectivity index (χ3v) is 3.36. The minimum Gasteiger partial charge on any atom is -0.294 e. The Labute approximate surface area is 116 Å². The molecule has 0 aliphatic heterocycles. The summed E-state index contributed by atoms with van der Waals surface area (Å²) in [6.45, 7) is 2.48. The molecule has 100 valence electrons. The van der Waals surface area contributed by atoms with Gasteiger partial charge in [-0.2, -0.15) is 5.10 Å². The highest BCUT2D eigenvalue weighted by Crippen LogP contribution is 2.17. The van der Waals surface area contributed by atoms with E-state index in [-0.39, 0.29) is 12.3 Å². The van der Waals surface area contributed by atoms with Crippen LogP contribution in [0.4, 0.5) is 0 Å². The van der Waals surface area contributed by atoms with Crippen LogP contribution < -0.4 is 11.3 Å². The number of nitrogens with two attached hydrogens (primary N) is 1. The van der Waals surface area contributed by atoms with Gasteiger partial charge >= 0.3 is 0 Å². The number of carbonyl (C=O) groups excluding carboxylic acids is 1. The summed E-state index contributed by atoms with van der Waals surface area (Å²) in [6, 6.07) is 7.70. The van der Waals surface area contributed by atoms with E-state index in [1.807, 2.05) is 35.9 Å². The molecule has 6 heteroatoms. The predicted octanol–water partition coefficient (Wildman–Crippen LogP) is 1.43. The van der Waals surface area contributed by atoms with Crippen LogP contribution in [0.1, 0.15) is 16.8 Å². The van der Waals surface area contributed by atoms with Crippen LogP contribution in [-0.2, 0) is 17.8 Å². The molecule has 3 N–H and O–H groups in total. The fourth-order valence-electron chi connectivity index (χ4n) is 1.85. The number of aromatic nitrogens is 2. The molecule has 1 heterocycles. The van der Waals surface area contributed by atoms with Crippen molar-refractivity contribution >= 4 is 17.5 Å². The van der Waals surface area contributed by atoms with E-state index in [2.05, 4.69) is 10.5 Å². The zero-order chi connectivity index (χ0) is 13.8. The van der Waals surface area contributed by atoms with Gasteiger partial charge in [0.2, 0.25) is 5.91 Å². The van der Waals surface area contributed by atoms with Gasteiger partial charge in [0, 0.05) is 0 Å². The summed E-state index contributed by atoms with van der Waals surface area (Å²) in [5.74, 6) is 4.90. The first-order valence-corrected chi connectivity index (χ1v) is 6.23. The molecule has 1 amide bonds. The summed E-state index contributed by atoms with van der Waals surface area (Å²) in [4.78, 5) is 11.4. The van der Waals surface area contributed by atoms with Crippen molar-refractivity contribution in [2.24, 2.45) is 5.84 Å². The predicted molar refractivity (Wildman–Crippen MR) is 73.6 cm³/mol. The van der Waals surface area contributed by atoms with Crippen molar-refractivity contribution in [1.29, 1.82) is 0 Å². The van der Waals surface area contributed by atoms with Crippen molar-refractivity contribution in [1.82, 2.24) is 15.2 Å². The van der Waals surface area contributed by atoms with Crippen LogP contribution in [-0.4, -0.2) is 15.7 Å². The molecule has 1 aromatic carbocycles. The number of hydrazine groups is 1. The average molecular weight is 279 g/mol. The van der Waals surface area contributed by atoms with Crippen LogP contribution in [0, 0.1) is 6.92 Å². The Bertz CT molecular complexity index is 594. The van der Waals surface area contributed by atoms with Gasteiger partial charge in [0.05, 0.1) is 29.9 Å². The lowest BCUT2D eigenvalue weighted by Gasteiger charge is -2.10. The van der Waals surface area contributed by atoms with E-state index in [0.29, 0.717) is 11.6 Å². The third kappa shape index (κ3) is 3.13. The molecule has 2 aromatic rings. The lowest BCUT2D eigenvalue weighted by molar-refractivity contribution is -0.120. The fourth-order valence-corrected chi connectivity index (χ4v) is 1.99. The van der Waals surface area contributed by atoms with Crippen LogP contribution in [0.5, 0.6) is 0 Å². The number of nitrogens with zero attached hydrogens (tertiary/aromatic N) is 2. The number of carbonyl (C=O) groups is 1. The van der Waals surface area contributed by atoms with Crippen molar-refractivity contribution in [3.8, 4) is 0 Å². The summed E-state index contributed by atoms with van der Waals surface area (Å²) in [7, 11) is 0. The minimum atomic E-state index is -0.220. The normalized spacial score (nSPS) is 10.5. The Kier molecular flexibility index (Phi) is 4.19. The zero-order valence-electron chi connectivity index (χ0n) is 10.6. The maximum atomic E-state index is 11.4. The molecular formula is C13H15ClN4O. The van der Waals surface area contributed by atoms with Gasteiger partial charge in [-0.25, -0.2) is 5.84 Å². The van der Waals surface area contributed by atoms with Crippen molar-refractivity contribution < 1.29 is 4.79 Å². The third-order valence-electron chi connectivity index (χ3n) is 2.99. The molecule has 0 aliphatic carbocycles. The van der Waals surface area contributed by atoms with E-state index in [1.54, 1.807) is 6.20 Å². The quantitative estimate of drug-likeness (QED) is 0.505. The fraction of sp³-hybridized carbons (Fsp3) is 0.231. The van der Waals surface area contributed by atoms with Gasteiger partial charge in [0.25, 0.3) is 0 Å². The highest BCUT2D eigenvalue weighted by atomic mass is 35.5. The second-order valence-electron chi connectivity index (χ2n) is 4.25. The number of rotatable bonds is 4. The van der Waals surface area contributed by atoms with Crippen molar-refractivity contribution in [2.45, 2.75) is 19.9 Å². The van der Waals surface area contributed by atoms with E-state index in [0.717, 1.165) is 16.8 Å². The van der Waals surface area contributed by atoms with Gasteiger partial charge in [-0.05, 0) is 18.1 Å². The maximum Gasteiger partial charge on any atom is 0.238 e. The van der Waals surface area contributed by atoms with Crippen LogP contribution in [0.15, 0.2) is 30.5 Å². The van der Waals surface area contributed by atoms with Gasteiger partial charge in [0.15, 0.2) is 0 Å². The van der Waals surface area contributed by atoms with E-state index in [9.17, 15) is 4.79 Å². The molecule has 19 heavy (non-hydrogen) atoms. The van der Waals surface area contributed by atoms with Gasteiger partial charge < -0.3 is 0 Å². The molecule has 0 atom stereocenters. The second-order valence-corrected chi connectivity index (χ2v) is 4.66.